The van der Waals surface area contributed by atoms with E-state index in [4.69, 9.17) is 0 Å². The molecule has 110 valence electrons. The molecule has 0 radical (unpaired) electrons. The van der Waals surface area contributed by atoms with Crippen LogP contribution in [0.2, 0.25) is 0 Å². The molecule has 0 heterocycles. The molecule has 0 fully saturated rings. The molecule has 1 aromatic carbocycles. The van der Waals surface area contributed by atoms with E-state index in [0.717, 1.165) is 11.1 Å². The van der Waals surface area contributed by atoms with Crippen LogP contribution in [0.25, 0.3) is 0 Å². The van der Waals surface area contributed by atoms with E-state index in [2.05, 4.69) is 60.6 Å². The van der Waals surface area contributed by atoms with Gasteiger partial charge in [-0.3, -0.25) is 4.79 Å². The summed E-state index contributed by atoms with van der Waals surface area (Å²) in [6.07, 6.45) is 0. The first kappa shape index (κ1) is 15.3. The Kier molecular flexibility index (Phi) is 3.40. The van der Waals surface area contributed by atoms with E-state index in [-0.39, 0.29) is 16.6 Å². The van der Waals surface area contributed by atoms with Gasteiger partial charge in [0.1, 0.15) is 0 Å². The Hall–Kier alpha value is -1.11. The van der Waals surface area contributed by atoms with Gasteiger partial charge in [-0.1, -0.05) is 47.6 Å². The van der Waals surface area contributed by atoms with E-state index >= 15 is 0 Å². The number of hydrogen-bond acceptors (Lipinski definition) is 1. The van der Waals surface area contributed by atoms with Gasteiger partial charge in [-0.2, -0.15) is 0 Å². The van der Waals surface area contributed by atoms with Gasteiger partial charge < -0.3 is 0 Å². The summed E-state index contributed by atoms with van der Waals surface area (Å²) in [5.74, 6) is 1.26. The van der Waals surface area contributed by atoms with Gasteiger partial charge in [-0.15, -0.1) is 0 Å². The Balaban J connectivity index is 2.77. The van der Waals surface area contributed by atoms with Crippen LogP contribution in [0, 0.1) is 18.3 Å². The van der Waals surface area contributed by atoms with E-state index in [1.54, 1.807) is 6.92 Å². The number of carbonyl (C=O) groups excluding carboxylic acids is 1. The number of benzene rings is 1. The molecule has 1 aromatic rings. The van der Waals surface area contributed by atoms with Crippen molar-refractivity contribution in [3.63, 3.8) is 0 Å². The van der Waals surface area contributed by atoms with Crippen molar-refractivity contribution < 1.29 is 4.79 Å². The maximum Gasteiger partial charge on any atom is 0.160 e. The van der Waals surface area contributed by atoms with Crippen molar-refractivity contribution in [1.82, 2.24) is 0 Å². The fourth-order valence-corrected chi connectivity index (χ4v) is 4.22. The predicted molar refractivity (Wildman–Crippen MR) is 85.6 cm³/mol. The molecule has 0 saturated heterocycles. The van der Waals surface area contributed by atoms with Gasteiger partial charge in [0.15, 0.2) is 5.78 Å². The fraction of sp³-hybridized carbons (Fsp3) is 0.632. The topological polar surface area (TPSA) is 17.1 Å². The zero-order valence-corrected chi connectivity index (χ0v) is 14.2. The van der Waals surface area contributed by atoms with Crippen LogP contribution in [0.1, 0.15) is 81.4 Å². The Bertz CT molecular complexity index is 561. The van der Waals surface area contributed by atoms with Crippen LogP contribution >= 0.6 is 0 Å². The minimum Gasteiger partial charge on any atom is -0.295 e. The van der Waals surface area contributed by atoms with Gasteiger partial charge in [0.25, 0.3) is 0 Å². The molecule has 0 N–H and O–H groups in total. The van der Waals surface area contributed by atoms with E-state index in [1.807, 2.05) is 0 Å². The largest absolute Gasteiger partial charge is 0.295 e. The van der Waals surface area contributed by atoms with Gasteiger partial charge in [0.2, 0.25) is 0 Å². The molecule has 0 spiro atoms. The summed E-state index contributed by atoms with van der Waals surface area (Å²) in [5, 5.41) is 0. The minimum atomic E-state index is 0.136. The van der Waals surface area contributed by atoms with E-state index in [1.165, 1.54) is 11.1 Å². The summed E-state index contributed by atoms with van der Waals surface area (Å²) in [4.78, 5) is 11.9. The van der Waals surface area contributed by atoms with Gasteiger partial charge in [0.05, 0.1) is 0 Å². The van der Waals surface area contributed by atoms with Crippen LogP contribution in [0.4, 0.5) is 0 Å². The highest BCUT2D eigenvalue weighted by atomic mass is 16.1. The number of Topliss-reactive ketones (excluding diaryl/α,β-unsaturated/α-hetero) is 1. The van der Waals surface area contributed by atoms with E-state index in [9.17, 15) is 4.79 Å². The standard InChI is InChI=1S/C19H28O/c1-11(2)17-15-10-14(13(4)20)12(3)9-16(15)18(5,6)19(17,7)8/h9-11,17H,1-8H3. The first-order valence-corrected chi connectivity index (χ1v) is 7.67. The molecule has 1 nitrogen and oxygen atoms in total. The second-order valence-corrected chi connectivity index (χ2v) is 7.88. The predicted octanol–water partition coefficient (Wildman–Crippen LogP) is 5.25. The second kappa shape index (κ2) is 4.44. The molecule has 0 amide bonds. The first-order valence-electron chi connectivity index (χ1n) is 7.67. The molecule has 1 aliphatic carbocycles. The third-order valence-corrected chi connectivity index (χ3v) is 5.84. The van der Waals surface area contributed by atoms with Crippen molar-refractivity contribution in [2.45, 2.75) is 66.7 Å². The number of ketones is 1. The monoisotopic (exact) mass is 272 g/mol. The molecule has 1 unspecified atom stereocenters. The molecule has 0 aliphatic heterocycles. The zero-order chi connectivity index (χ0) is 15.5. The van der Waals surface area contributed by atoms with Crippen molar-refractivity contribution in [1.29, 1.82) is 0 Å². The average Bonchev–Trinajstić information content (AvgIpc) is 2.43. The van der Waals surface area contributed by atoms with Gasteiger partial charge in [-0.05, 0) is 59.3 Å². The highest BCUT2D eigenvalue weighted by Crippen LogP contribution is 2.61. The quantitative estimate of drug-likeness (QED) is 0.672. The molecular weight excluding hydrogens is 244 g/mol. The van der Waals surface area contributed by atoms with Gasteiger partial charge >= 0.3 is 0 Å². The van der Waals surface area contributed by atoms with Crippen molar-refractivity contribution in [3.8, 4) is 0 Å². The molecule has 0 bridgehead atoms. The lowest BCUT2D eigenvalue weighted by Gasteiger charge is -2.41. The third kappa shape index (κ3) is 1.86. The molecular formula is C19H28O. The highest BCUT2D eigenvalue weighted by Gasteiger charge is 2.53. The van der Waals surface area contributed by atoms with Gasteiger partial charge in [0, 0.05) is 5.56 Å². The zero-order valence-electron chi connectivity index (χ0n) is 14.2. The van der Waals surface area contributed by atoms with Crippen LogP contribution in [0.15, 0.2) is 12.1 Å². The first-order chi connectivity index (χ1) is 9.01. The van der Waals surface area contributed by atoms with Gasteiger partial charge in [-0.25, -0.2) is 0 Å². The number of aryl methyl sites for hydroxylation is 1. The van der Waals surface area contributed by atoms with Crippen LogP contribution in [-0.2, 0) is 5.41 Å². The summed E-state index contributed by atoms with van der Waals surface area (Å²) in [6, 6.07) is 4.43. The van der Waals surface area contributed by atoms with E-state index in [0.29, 0.717) is 11.8 Å². The molecule has 2 rings (SSSR count). The third-order valence-electron chi connectivity index (χ3n) is 5.84. The van der Waals surface area contributed by atoms with Crippen molar-refractivity contribution in [3.05, 3.63) is 34.4 Å². The molecule has 20 heavy (non-hydrogen) atoms. The van der Waals surface area contributed by atoms with E-state index < -0.39 is 0 Å². The Morgan fingerprint density at radius 3 is 2.15 bits per heavy atom. The summed E-state index contributed by atoms with van der Waals surface area (Å²) >= 11 is 0. The lowest BCUT2D eigenvalue weighted by atomic mass is 9.62. The van der Waals surface area contributed by atoms with Crippen molar-refractivity contribution >= 4 is 5.78 Å². The second-order valence-electron chi connectivity index (χ2n) is 7.88. The summed E-state index contributed by atoms with van der Waals surface area (Å²) in [6.45, 7) is 17.8. The maximum atomic E-state index is 11.9. The average molecular weight is 272 g/mol. The summed E-state index contributed by atoms with van der Waals surface area (Å²) in [5.41, 5.74) is 5.17. The smallest absolute Gasteiger partial charge is 0.160 e. The maximum absolute atomic E-state index is 11.9. The summed E-state index contributed by atoms with van der Waals surface area (Å²) in [7, 11) is 0. The van der Waals surface area contributed by atoms with Crippen LogP contribution in [0.3, 0.4) is 0 Å². The van der Waals surface area contributed by atoms with Crippen molar-refractivity contribution in [2.75, 3.05) is 0 Å². The van der Waals surface area contributed by atoms with Crippen molar-refractivity contribution in [2.24, 2.45) is 11.3 Å². The van der Waals surface area contributed by atoms with Crippen LogP contribution in [0.5, 0.6) is 0 Å². The molecule has 0 saturated carbocycles. The molecule has 1 aliphatic rings. The Morgan fingerprint density at radius 1 is 1.15 bits per heavy atom. The fourth-order valence-electron chi connectivity index (χ4n) is 4.22. The number of hydrogen-bond donors (Lipinski definition) is 0. The number of fused-ring (bicyclic) bond motifs is 1. The van der Waals surface area contributed by atoms with Crippen LogP contribution in [-0.4, -0.2) is 5.78 Å². The Morgan fingerprint density at radius 2 is 1.70 bits per heavy atom. The lowest BCUT2D eigenvalue weighted by molar-refractivity contribution is 0.101. The highest BCUT2D eigenvalue weighted by molar-refractivity contribution is 5.96. The summed E-state index contributed by atoms with van der Waals surface area (Å²) < 4.78 is 0. The molecule has 1 atom stereocenters. The number of rotatable bonds is 2. The minimum absolute atomic E-state index is 0.136. The lowest BCUT2D eigenvalue weighted by Crippen LogP contribution is -2.36. The molecule has 0 aromatic heterocycles. The Labute approximate surface area is 123 Å². The van der Waals surface area contributed by atoms with Crippen LogP contribution < -0.4 is 0 Å². The molecule has 1 heteroatoms. The SMILES string of the molecule is CC(=O)c1cc2c(cc1C)C(C)(C)C(C)(C)C2C(C)C. The number of carbonyl (C=O) groups is 1. The normalized spacial score (nSPS) is 22.9.